The number of nitrogens with one attached hydrogen (secondary N) is 1. The number of fused-ring (bicyclic) bond motifs is 1. The lowest BCUT2D eigenvalue weighted by Gasteiger charge is -2.30. The molecule has 3 atom stereocenters. The molecule has 0 saturated heterocycles. The molecule has 0 bridgehead atoms. The van der Waals surface area contributed by atoms with Gasteiger partial charge in [-0.05, 0) is 31.1 Å². The first-order valence-corrected chi connectivity index (χ1v) is 7.81. The van der Waals surface area contributed by atoms with Crippen LogP contribution < -0.4 is 5.32 Å². The first-order valence-electron chi connectivity index (χ1n) is 7.81. The van der Waals surface area contributed by atoms with Crippen LogP contribution in [0.25, 0.3) is 0 Å². The molecular weight excluding hydrogens is 298 g/mol. The number of methoxy groups -OCH3 is 1. The molecule has 0 aromatic carbocycles. The first-order chi connectivity index (χ1) is 11.1. The van der Waals surface area contributed by atoms with Crippen molar-refractivity contribution in [3.63, 3.8) is 0 Å². The van der Waals surface area contributed by atoms with Crippen molar-refractivity contribution in [2.75, 3.05) is 20.3 Å². The molecule has 1 aliphatic carbocycles. The molecule has 1 N–H and O–H groups in total. The molecule has 0 spiro atoms. The second kappa shape index (κ2) is 6.58. The minimum absolute atomic E-state index is 0.0583. The second-order valence-corrected chi connectivity index (χ2v) is 6.03. The maximum absolute atomic E-state index is 12.5. The number of rotatable bonds is 5. The normalized spacial score (nSPS) is 26.9. The van der Waals surface area contributed by atoms with E-state index in [2.05, 4.69) is 5.32 Å². The van der Waals surface area contributed by atoms with Crippen LogP contribution in [0.4, 0.5) is 0 Å². The summed E-state index contributed by atoms with van der Waals surface area (Å²) in [7, 11) is 1.55. The van der Waals surface area contributed by atoms with Gasteiger partial charge in [-0.25, -0.2) is 4.79 Å². The highest BCUT2D eigenvalue weighted by molar-refractivity contribution is 5.94. The molecule has 1 aromatic heterocycles. The van der Waals surface area contributed by atoms with E-state index in [0.29, 0.717) is 18.7 Å². The third-order valence-electron chi connectivity index (χ3n) is 4.60. The fourth-order valence-electron chi connectivity index (χ4n) is 3.51. The Morgan fingerprint density at radius 2 is 2.26 bits per heavy atom. The number of ketones is 1. The summed E-state index contributed by atoms with van der Waals surface area (Å²) in [4.78, 5) is 24.7. The molecule has 6 heteroatoms. The molecule has 1 aliphatic heterocycles. The van der Waals surface area contributed by atoms with Crippen molar-refractivity contribution in [1.82, 2.24) is 5.32 Å². The highest BCUT2D eigenvalue weighted by Crippen LogP contribution is 2.41. The van der Waals surface area contributed by atoms with E-state index in [1.165, 1.54) is 0 Å². The largest absolute Gasteiger partial charge is 0.469 e. The van der Waals surface area contributed by atoms with Gasteiger partial charge in [-0.2, -0.15) is 0 Å². The molecule has 1 aromatic rings. The van der Waals surface area contributed by atoms with Crippen LogP contribution in [0.2, 0.25) is 0 Å². The predicted octanol–water partition coefficient (Wildman–Crippen LogP) is 1.78. The molecule has 6 nitrogen and oxygen atoms in total. The Morgan fingerprint density at radius 3 is 2.96 bits per heavy atom. The molecule has 0 radical (unpaired) electrons. The standard InChI is InChI=1S/C17H21NO5/c1-10-15-12(18-16(10)17(20)23-7-6-21-2)8-11(9-13(15)19)14-4-3-5-22-14/h3-5,11-12,15,18H,6-9H2,1-2H3. The van der Waals surface area contributed by atoms with Crippen LogP contribution in [0.15, 0.2) is 34.1 Å². The van der Waals surface area contributed by atoms with E-state index >= 15 is 0 Å². The maximum atomic E-state index is 12.5. The number of ether oxygens (including phenoxy) is 2. The summed E-state index contributed by atoms with van der Waals surface area (Å²) in [5.41, 5.74) is 1.20. The zero-order valence-corrected chi connectivity index (χ0v) is 13.3. The molecule has 1 fully saturated rings. The maximum Gasteiger partial charge on any atom is 0.354 e. The number of hydrogen-bond acceptors (Lipinski definition) is 6. The predicted molar refractivity (Wildman–Crippen MR) is 81.6 cm³/mol. The van der Waals surface area contributed by atoms with Gasteiger partial charge in [0.05, 0.1) is 18.8 Å². The lowest BCUT2D eigenvalue weighted by Crippen LogP contribution is -2.40. The highest BCUT2D eigenvalue weighted by atomic mass is 16.6. The average Bonchev–Trinajstić information content (AvgIpc) is 3.15. The van der Waals surface area contributed by atoms with E-state index in [1.807, 2.05) is 19.1 Å². The number of Topliss-reactive ketones (excluding diaryl/α,β-unsaturated/α-hetero) is 1. The average molecular weight is 319 g/mol. The highest BCUT2D eigenvalue weighted by Gasteiger charge is 2.45. The van der Waals surface area contributed by atoms with Crippen molar-refractivity contribution < 1.29 is 23.5 Å². The zero-order valence-electron chi connectivity index (χ0n) is 13.3. The molecular formula is C17H21NO5. The summed E-state index contributed by atoms with van der Waals surface area (Å²) in [5.74, 6) is 0.366. The Bertz CT molecular complexity index is 619. The van der Waals surface area contributed by atoms with Crippen LogP contribution >= 0.6 is 0 Å². The fourth-order valence-corrected chi connectivity index (χ4v) is 3.51. The molecule has 1 saturated carbocycles. The smallest absolute Gasteiger partial charge is 0.354 e. The van der Waals surface area contributed by atoms with Crippen molar-refractivity contribution in [2.45, 2.75) is 31.7 Å². The van der Waals surface area contributed by atoms with Gasteiger partial charge in [0.25, 0.3) is 0 Å². The third kappa shape index (κ3) is 3.03. The molecule has 124 valence electrons. The second-order valence-electron chi connectivity index (χ2n) is 6.03. The Kier molecular flexibility index (Phi) is 4.52. The SMILES string of the molecule is COCCOC(=O)C1=C(C)C2C(=O)CC(c3ccco3)CC2N1. The molecule has 2 aliphatic rings. The lowest BCUT2D eigenvalue weighted by atomic mass is 9.75. The number of hydrogen-bond donors (Lipinski definition) is 1. The number of carbonyl (C=O) groups is 2. The van der Waals surface area contributed by atoms with Gasteiger partial charge in [-0.1, -0.05) is 0 Å². The molecule has 0 amide bonds. The summed E-state index contributed by atoms with van der Waals surface area (Å²) in [6.45, 7) is 2.38. The van der Waals surface area contributed by atoms with Crippen LogP contribution in [0, 0.1) is 5.92 Å². The van der Waals surface area contributed by atoms with Crippen molar-refractivity contribution in [1.29, 1.82) is 0 Å². The summed E-state index contributed by atoms with van der Waals surface area (Å²) in [6.07, 6.45) is 2.83. The van der Waals surface area contributed by atoms with Gasteiger partial charge in [0.2, 0.25) is 0 Å². The Hall–Kier alpha value is -2.08. The minimum Gasteiger partial charge on any atom is -0.469 e. The minimum atomic E-state index is -0.420. The van der Waals surface area contributed by atoms with Gasteiger partial charge in [-0.15, -0.1) is 0 Å². The van der Waals surface area contributed by atoms with Crippen molar-refractivity contribution in [3.05, 3.63) is 35.4 Å². The lowest BCUT2D eigenvalue weighted by molar-refractivity contribution is -0.140. The quantitative estimate of drug-likeness (QED) is 0.658. The molecule has 23 heavy (non-hydrogen) atoms. The van der Waals surface area contributed by atoms with Gasteiger partial charge in [0.1, 0.15) is 23.8 Å². The summed E-state index contributed by atoms with van der Waals surface area (Å²) in [6, 6.07) is 3.65. The Morgan fingerprint density at radius 1 is 1.43 bits per heavy atom. The van der Waals surface area contributed by atoms with Crippen molar-refractivity contribution >= 4 is 11.8 Å². The van der Waals surface area contributed by atoms with Crippen LogP contribution in [0.1, 0.15) is 31.4 Å². The molecule has 2 heterocycles. The van der Waals surface area contributed by atoms with Gasteiger partial charge >= 0.3 is 5.97 Å². The van der Waals surface area contributed by atoms with Crippen LogP contribution in [0.3, 0.4) is 0 Å². The van der Waals surface area contributed by atoms with E-state index in [9.17, 15) is 9.59 Å². The fraction of sp³-hybridized carbons (Fsp3) is 0.529. The zero-order chi connectivity index (χ0) is 16.4. The molecule has 3 rings (SSSR count). The topological polar surface area (TPSA) is 77.8 Å². The summed E-state index contributed by atoms with van der Waals surface area (Å²) in [5, 5.41) is 3.19. The van der Waals surface area contributed by atoms with Crippen LogP contribution in [0.5, 0.6) is 0 Å². The summed E-state index contributed by atoms with van der Waals surface area (Å²) >= 11 is 0. The van der Waals surface area contributed by atoms with E-state index in [-0.39, 0.29) is 30.3 Å². The van der Waals surface area contributed by atoms with Gasteiger partial charge in [0, 0.05) is 25.5 Å². The van der Waals surface area contributed by atoms with Gasteiger partial charge in [0.15, 0.2) is 0 Å². The Balaban J connectivity index is 1.71. The van der Waals surface area contributed by atoms with Gasteiger partial charge < -0.3 is 19.2 Å². The third-order valence-corrected chi connectivity index (χ3v) is 4.60. The van der Waals surface area contributed by atoms with Crippen LogP contribution in [-0.4, -0.2) is 38.1 Å². The number of carbonyl (C=O) groups excluding carboxylic acids is 2. The van der Waals surface area contributed by atoms with Crippen molar-refractivity contribution in [2.24, 2.45) is 5.92 Å². The van der Waals surface area contributed by atoms with E-state index < -0.39 is 5.97 Å². The first kappa shape index (κ1) is 15.8. The van der Waals surface area contributed by atoms with E-state index in [0.717, 1.165) is 17.8 Å². The summed E-state index contributed by atoms with van der Waals surface area (Å²) < 4.78 is 15.5. The van der Waals surface area contributed by atoms with Crippen molar-refractivity contribution in [3.8, 4) is 0 Å². The van der Waals surface area contributed by atoms with E-state index in [4.69, 9.17) is 13.9 Å². The van der Waals surface area contributed by atoms with Gasteiger partial charge in [-0.3, -0.25) is 4.79 Å². The van der Waals surface area contributed by atoms with Crippen LogP contribution in [-0.2, 0) is 19.1 Å². The molecule has 3 unspecified atom stereocenters. The Labute approximate surface area is 134 Å². The number of furan rings is 1. The number of esters is 1. The monoisotopic (exact) mass is 319 g/mol. The van der Waals surface area contributed by atoms with E-state index in [1.54, 1.807) is 13.4 Å².